The third-order valence-electron chi connectivity index (χ3n) is 1.46. The monoisotopic (exact) mass is 217 g/mol. The van der Waals surface area contributed by atoms with Crippen LogP contribution in [0.2, 0.25) is 0 Å². The SMILES string of the molecule is COc1cccc(N)c1OS(C)(=O)=O. The third kappa shape index (κ3) is 2.53. The molecule has 0 spiro atoms. The topological polar surface area (TPSA) is 78.6 Å². The lowest BCUT2D eigenvalue weighted by atomic mass is 10.3. The third-order valence-corrected chi connectivity index (χ3v) is 1.93. The molecule has 0 heterocycles. The summed E-state index contributed by atoms with van der Waals surface area (Å²) < 4.78 is 31.4. The van der Waals surface area contributed by atoms with Crippen molar-refractivity contribution in [3.8, 4) is 11.5 Å². The number of methoxy groups -OCH3 is 1. The van der Waals surface area contributed by atoms with Crippen LogP contribution in [0.15, 0.2) is 18.2 Å². The largest absolute Gasteiger partial charge is 0.493 e. The second kappa shape index (κ2) is 3.75. The van der Waals surface area contributed by atoms with Crippen LogP contribution < -0.4 is 14.7 Å². The smallest absolute Gasteiger partial charge is 0.306 e. The van der Waals surface area contributed by atoms with E-state index in [9.17, 15) is 8.42 Å². The van der Waals surface area contributed by atoms with Gasteiger partial charge in [0.15, 0.2) is 5.75 Å². The Morgan fingerprint density at radius 2 is 2.00 bits per heavy atom. The number of hydrogen-bond donors (Lipinski definition) is 1. The van der Waals surface area contributed by atoms with Gasteiger partial charge in [0.2, 0.25) is 5.75 Å². The Hall–Kier alpha value is -1.43. The average molecular weight is 217 g/mol. The average Bonchev–Trinajstić information content (AvgIpc) is 2.06. The molecule has 0 unspecified atom stereocenters. The first-order valence-corrected chi connectivity index (χ1v) is 5.57. The summed E-state index contributed by atoms with van der Waals surface area (Å²) in [4.78, 5) is 0. The van der Waals surface area contributed by atoms with Gasteiger partial charge in [0.05, 0.1) is 19.1 Å². The van der Waals surface area contributed by atoms with Gasteiger partial charge >= 0.3 is 10.1 Å². The minimum atomic E-state index is -3.59. The quantitative estimate of drug-likeness (QED) is 0.593. The lowest BCUT2D eigenvalue weighted by Crippen LogP contribution is -2.08. The van der Waals surface area contributed by atoms with Crippen LogP contribution in [0.3, 0.4) is 0 Å². The summed E-state index contributed by atoms with van der Waals surface area (Å²) in [7, 11) is -2.19. The van der Waals surface area contributed by atoms with Crippen LogP contribution in [-0.4, -0.2) is 21.8 Å². The van der Waals surface area contributed by atoms with E-state index in [0.29, 0.717) is 0 Å². The highest BCUT2D eigenvalue weighted by atomic mass is 32.2. The van der Waals surface area contributed by atoms with Crippen molar-refractivity contribution in [3.05, 3.63) is 18.2 Å². The maximum absolute atomic E-state index is 10.9. The number of benzene rings is 1. The van der Waals surface area contributed by atoms with Crippen LogP contribution in [0.1, 0.15) is 0 Å². The molecule has 0 aliphatic carbocycles. The van der Waals surface area contributed by atoms with Crippen LogP contribution >= 0.6 is 0 Å². The van der Waals surface area contributed by atoms with Gasteiger partial charge in [-0.15, -0.1) is 0 Å². The zero-order chi connectivity index (χ0) is 10.8. The minimum absolute atomic E-state index is 0.0255. The molecule has 0 atom stereocenters. The van der Waals surface area contributed by atoms with E-state index >= 15 is 0 Å². The van der Waals surface area contributed by atoms with Crippen molar-refractivity contribution in [2.24, 2.45) is 0 Å². The van der Waals surface area contributed by atoms with E-state index in [-0.39, 0.29) is 17.2 Å². The predicted octanol–water partition coefficient (Wildman–Crippen LogP) is 0.616. The van der Waals surface area contributed by atoms with Gasteiger partial charge < -0.3 is 14.7 Å². The molecule has 0 bridgehead atoms. The Kier molecular flexibility index (Phi) is 2.85. The molecular formula is C8H11NO4S. The Bertz CT molecular complexity index is 427. The van der Waals surface area contributed by atoms with Gasteiger partial charge in [0.25, 0.3) is 0 Å². The molecule has 0 amide bonds. The molecule has 1 aromatic rings. The number of nitrogens with two attached hydrogens (primary N) is 1. The molecule has 0 aromatic heterocycles. The fraction of sp³-hybridized carbons (Fsp3) is 0.250. The van der Waals surface area contributed by atoms with Crippen LogP contribution in [0.25, 0.3) is 0 Å². The maximum Gasteiger partial charge on any atom is 0.306 e. The van der Waals surface area contributed by atoms with Gasteiger partial charge in [-0.3, -0.25) is 0 Å². The van der Waals surface area contributed by atoms with Gasteiger partial charge in [-0.2, -0.15) is 8.42 Å². The summed E-state index contributed by atoms with van der Waals surface area (Å²) in [6.45, 7) is 0. The Morgan fingerprint density at radius 3 is 2.50 bits per heavy atom. The van der Waals surface area contributed by atoms with E-state index in [2.05, 4.69) is 4.18 Å². The molecule has 14 heavy (non-hydrogen) atoms. The molecular weight excluding hydrogens is 206 g/mol. The lowest BCUT2D eigenvalue weighted by Gasteiger charge is -2.10. The highest BCUT2D eigenvalue weighted by Gasteiger charge is 2.13. The molecule has 78 valence electrons. The zero-order valence-corrected chi connectivity index (χ0v) is 8.67. The van der Waals surface area contributed by atoms with Crippen molar-refractivity contribution >= 4 is 15.8 Å². The fourth-order valence-electron chi connectivity index (χ4n) is 0.934. The molecule has 0 aliphatic rings. The molecule has 0 saturated heterocycles. The number of para-hydroxylation sites is 1. The van der Waals surface area contributed by atoms with E-state index in [4.69, 9.17) is 10.5 Å². The van der Waals surface area contributed by atoms with E-state index < -0.39 is 10.1 Å². The number of anilines is 1. The number of rotatable bonds is 3. The molecule has 0 fully saturated rings. The number of nitrogen functional groups attached to an aromatic ring is 1. The number of ether oxygens (including phenoxy) is 1. The zero-order valence-electron chi connectivity index (χ0n) is 7.85. The first kappa shape index (κ1) is 10.6. The van der Waals surface area contributed by atoms with E-state index in [1.54, 1.807) is 12.1 Å². The highest BCUT2D eigenvalue weighted by Crippen LogP contribution is 2.33. The molecule has 1 rings (SSSR count). The van der Waals surface area contributed by atoms with Crippen molar-refractivity contribution in [1.29, 1.82) is 0 Å². The van der Waals surface area contributed by atoms with Crippen molar-refractivity contribution in [1.82, 2.24) is 0 Å². The van der Waals surface area contributed by atoms with Crippen LogP contribution in [0, 0.1) is 0 Å². The van der Waals surface area contributed by atoms with Crippen LogP contribution in [-0.2, 0) is 10.1 Å². The lowest BCUT2D eigenvalue weighted by molar-refractivity contribution is 0.392. The second-order valence-corrected chi connectivity index (χ2v) is 4.24. The molecule has 0 aliphatic heterocycles. The fourth-order valence-corrected chi connectivity index (χ4v) is 1.42. The Balaban J connectivity index is 3.18. The minimum Gasteiger partial charge on any atom is -0.493 e. The summed E-state index contributed by atoms with van der Waals surface area (Å²) in [5.74, 6) is 0.313. The van der Waals surface area contributed by atoms with Crippen molar-refractivity contribution in [2.45, 2.75) is 0 Å². The van der Waals surface area contributed by atoms with Gasteiger partial charge in [0, 0.05) is 0 Å². The number of hydrogen-bond acceptors (Lipinski definition) is 5. The molecule has 0 radical (unpaired) electrons. The second-order valence-electron chi connectivity index (χ2n) is 2.67. The van der Waals surface area contributed by atoms with E-state index in [1.807, 2.05) is 0 Å². The summed E-state index contributed by atoms with van der Waals surface area (Å²) in [5.41, 5.74) is 5.75. The molecule has 6 heteroatoms. The molecule has 1 aromatic carbocycles. The maximum atomic E-state index is 10.9. The van der Waals surface area contributed by atoms with Gasteiger partial charge in [-0.05, 0) is 12.1 Å². The van der Waals surface area contributed by atoms with Crippen LogP contribution in [0.4, 0.5) is 5.69 Å². The van der Waals surface area contributed by atoms with Gasteiger partial charge in [-0.1, -0.05) is 6.07 Å². The molecule has 2 N–H and O–H groups in total. The van der Waals surface area contributed by atoms with E-state index in [1.165, 1.54) is 13.2 Å². The van der Waals surface area contributed by atoms with Crippen LogP contribution in [0.5, 0.6) is 11.5 Å². The van der Waals surface area contributed by atoms with Gasteiger partial charge in [-0.25, -0.2) is 0 Å². The normalized spacial score (nSPS) is 11.0. The summed E-state index contributed by atoms with van der Waals surface area (Å²) >= 11 is 0. The van der Waals surface area contributed by atoms with E-state index in [0.717, 1.165) is 6.26 Å². The summed E-state index contributed by atoms with van der Waals surface area (Å²) in [6, 6.07) is 4.74. The van der Waals surface area contributed by atoms with Crippen molar-refractivity contribution in [3.63, 3.8) is 0 Å². The first-order valence-electron chi connectivity index (χ1n) is 3.76. The van der Waals surface area contributed by atoms with Crippen molar-refractivity contribution in [2.75, 3.05) is 19.1 Å². The standard InChI is InChI=1S/C8H11NO4S/c1-12-7-5-3-4-6(9)8(7)13-14(2,10)11/h3-5H,9H2,1-2H3. The Labute approximate surface area is 82.6 Å². The first-order chi connectivity index (χ1) is 6.44. The summed E-state index contributed by atoms with van der Waals surface area (Å²) in [5, 5.41) is 0. The molecule has 5 nitrogen and oxygen atoms in total. The summed E-state index contributed by atoms with van der Waals surface area (Å²) in [6.07, 6.45) is 0.943. The van der Waals surface area contributed by atoms with Gasteiger partial charge in [0.1, 0.15) is 0 Å². The van der Waals surface area contributed by atoms with Crippen molar-refractivity contribution < 1.29 is 17.3 Å². The molecule has 0 saturated carbocycles. The predicted molar refractivity (Wildman–Crippen MR) is 52.9 cm³/mol. The highest BCUT2D eigenvalue weighted by molar-refractivity contribution is 7.86. The Morgan fingerprint density at radius 1 is 1.36 bits per heavy atom.